The first-order valence-corrected chi connectivity index (χ1v) is 11.4. The molecular weight excluding hydrogens is 422 g/mol. The molecule has 32 heavy (non-hydrogen) atoms. The highest BCUT2D eigenvalue weighted by Gasteiger charge is 2.18. The number of nitrogens with zero attached hydrogens (tertiary/aromatic N) is 3. The Labute approximate surface area is 190 Å². The third-order valence-corrected chi connectivity index (χ3v) is 5.87. The Hall–Kier alpha value is -3.52. The largest absolute Gasteiger partial charge is 0.310 e. The summed E-state index contributed by atoms with van der Waals surface area (Å²) in [6, 6.07) is 15.5. The van der Waals surface area contributed by atoms with Gasteiger partial charge in [-0.1, -0.05) is 50.2 Å². The molecule has 2 N–H and O–H groups in total. The number of carbonyl (C=O) groups is 1. The molecule has 0 saturated heterocycles. The lowest BCUT2D eigenvalue weighted by Crippen LogP contribution is -2.22. The van der Waals surface area contributed by atoms with Crippen LogP contribution in [0.25, 0.3) is 16.5 Å². The zero-order chi connectivity index (χ0) is 22.7. The van der Waals surface area contributed by atoms with Gasteiger partial charge in [-0.25, -0.2) is 4.98 Å². The first kappa shape index (κ1) is 21.7. The number of H-pyrrole nitrogens is 1. The molecule has 1 amide bonds. The van der Waals surface area contributed by atoms with Crippen LogP contribution in [-0.4, -0.2) is 25.7 Å². The lowest BCUT2D eigenvalue weighted by Gasteiger charge is -2.11. The van der Waals surface area contributed by atoms with Crippen molar-refractivity contribution in [3.63, 3.8) is 0 Å². The Morgan fingerprint density at radius 1 is 1.19 bits per heavy atom. The molecule has 0 bridgehead atoms. The molecule has 0 aliphatic carbocycles. The summed E-state index contributed by atoms with van der Waals surface area (Å²) in [4.78, 5) is 33.8. The molecule has 0 aliphatic rings. The lowest BCUT2D eigenvalue weighted by molar-refractivity contribution is -0.116. The Morgan fingerprint density at radius 3 is 2.62 bits per heavy atom. The Bertz CT molecular complexity index is 1270. The number of benzene rings is 1. The van der Waals surface area contributed by atoms with Gasteiger partial charge in [0, 0.05) is 24.5 Å². The lowest BCUT2D eigenvalue weighted by atomic mass is 10.1. The predicted octanol–water partition coefficient (Wildman–Crippen LogP) is 4.57. The Kier molecular flexibility index (Phi) is 6.32. The second-order valence-corrected chi connectivity index (χ2v) is 9.01. The van der Waals surface area contributed by atoms with Crippen molar-refractivity contribution in [2.45, 2.75) is 33.6 Å². The summed E-state index contributed by atoms with van der Waals surface area (Å²) in [5.41, 5.74) is 2.75. The van der Waals surface area contributed by atoms with E-state index in [4.69, 9.17) is 0 Å². The summed E-state index contributed by atoms with van der Waals surface area (Å²) in [5.74, 6) is 0.851. The van der Waals surface area contributed by atoms with Gasteiger partial charge in [-0.15, -0.1) is 11.3 Å². The molecule has 8 heteroatoms. The average molecular weight is 448 g/mol. The van der Waals surface area contributed by atoms with E-state index in [1.807, 2.05) is 68.6 Å². The van der Waals surface area contributed by atoms with E-state index in [1.165, 1.54) is 4.68 Å². The number of hydrogen-bond donors (Lipinski definition) is 2. The minimum Gasteiger partial charge on any atom is -0.310 e. The van der Waals surface area contributed by atoms with Gasteiger partial charge in [-0.2, -0.15) is 9.78 Å². The summed E-state index contributed by atoms with van der Waals surface area (Å²) < 4.78 is 1.49. The van der Waals surface area contributed by atoms with E-state index in [1.54, 1.807) is 17.4 Å². The molecule has 0 unspecified atom stereocenters. The van der Waals surface area contributed by atoms with E-state index in [-0.39, 0.29) is 23.3 Å². The summed E-state index contributed by atoms with van der Waals surface area (Å²) in [6.07, 6.45) is 0.880. The standard InChI is InChI=1S/C24H25N5O2S/c1-15(2)12-22(30)26-21-14-19(20-10-7-11-32-20)28-29(21)24-25-16(3)18(23(31)27-24)13-17-8-5-4-6-9-17/h4-11,14-15H,12-13H2,1-3H3,(H,26,30)(H,25,27,31). The smallest absolute Gasteiger partial charge is 0.256 e. The third kappa shape index (κ3) is 4.86. The van der Waals surface area contributed by atoms with E-state index in [0.29, 0.717) is 35.6 Å². The SMILES string of the molecule is Cc1nc(-n2nc(-c3cccs3)cc2NC(=O)CC(C)C)[nH]c(=O)c1Cc1ccccc1. The van der Waals surface area contributed by atoms with Crippen molar-refractivity contribution in [1.82, 2.24) is 19.7 Å². The van der Waals surface area contributed by atoms with Crippen molar-refractivity contribution in [3.8, 4) is 16.5 Å². The summed E-state index contributed by atoms with van der Waals surface area (Å²) in [6.45, 7) is 5.79. The van der Waals surface area contributed by atoms with Gasteiger partial charge in [0.1, 0.15) is 11.5 Å². The van der Waals surface area contributed by atoms with Gasteiger partial charge in [0.25, 0.3) is 5.56 Å². The van der Waals surface area contributed by atoms with Crippen LogP contribution in [0, 0.1) is 12.8 Å². The molecule has 3 aromatic heterocycles. The molecule has 0 radical (unpaired) electrons. The van der Waals surface area contributed by atoms with Gasteiger partial charge >= 0.3 is 0 Å². The summed E-state index contributed by atoms with van der Waals surface area (Å²) in [7, 11) is 0. The number of carbonyl (C=O) groups excluding carboxylic acids is 1. The van der Waals surface area contributed by atoms with E-state index in [2.05, 4.69) is 20.4 Å². The van der Waals surface area contributed by atoms with Crippen LogP contribution in [0.4, 0.5) is 5.82 Å². The van der Waals surface area contributed by atoms with Crippen molar-refractivity contribution < 1.29 is 4.79 Å². The fourth-order valence-corrected chi connectivity index (χ4v) is 4.13. The molecular formula is C24H25N5O2S. The monoisotopic (exact) mass is 447 g/mol. The van der Waals surface area contributed by atoms with Crippen LogP contribution in [0.15, 0.2) is 58.7 Å². The molecule has 4 rings (SSSR count). The van der Waals surface area contributed by atoms with Crippen LogP contribution in [0.2, 0.25) is 0 Å². The minimum absolute atomic E-state index is 0.112. The maximum absolute atomic E-state index is 12.9. The highest BCUT2D eigenvalue weighted by molar-refractivity contribution is 7.13. The van der Waals surface area contributed by atoms with Gasteiger partial charge in [0.2, 0.25) is 11.9 Å². The van der Waals surface area contributed by atoms with E-state index < -0.39 is 0 Å². The maximum Gasteiger partial charge on any atom is 0.256 e. The minimum atomic E-state index is -0.219. The maximum atomic E-state index is 12.9. The molecule has 3 heterocycles. The molecule has 0 fully saturated rings. The fourth-order valence-electron chi connectivity index (χ4n) is 3.45. The van der Waals surface area contributed by atoms with Crippen LogP contribution >= 0.6 is 11.3 Å². The number of aromatic nitrogens is 4. The molecule has 4 aromatic rings. The van der Waals surface area contributed by atoms with Crippen molar-refractivity contribution in [2.75, 3.05) is 5.32 Å². The number of rotatable bonds is 7. The highest BCUT2D eigenvalue weighted by Crippen LogP contribution is 2.27. The first-order chi connectivity index (χ1) is 15.4. The van der Waals surface area contributed by atoms with Crippen molar-refractivity contribution in [3.05, 3.63) is 81.1 Å². The molecule has 0 aliphatic heterocycles. The Balaban J connectivity index is 1.73. The van der Waals surface area contributed by atoms with Crippen molar-refractivity contribution in [1.29, 1.82) is 0 Å². The topological polar surface area (TPSA) is 92.7 Å². The molecule has 7 nitrogen and oxygen atoms in total. The number of amides is 1. The summed E-state index contributed by atoms with van der Waals surface area (Å²) in [5, 5.41) is 9.52. The van der Waals surface area contributed by atoms with Crippen LogP contribution < -0.4 is 10.9 Å². The van der Waals surface area contributed by atoms with Gasteiger partial charge < -0.3 is 5.32 Å². The third-order valence-electron chi connectivity index (χ3n) is 4.98. The number of anilines is 1. The normalized spacial score (nSPS) is 11.1. The zero-order valence-electron chi connectivity index (χ0n) is 18.3. The van der Waals surface area contributed by atoms with Gasteiger partial charge in [0.15, 0.2) is 0 Å². The Morgan fingerprint density at radius 2 is 1.97 bits per heavy atom. The quantitative estimate of drug-likeness (QED) is 0.434. The molecule has 164 valence electrons. The molecule has 1 aromatic carbocycles. The van der Waals surface area contributed by atoms with Gasteiger partial charge in [-0.05, 0) is 29.9 Å². The predicted molar refractivity (Wildman–Crippen MR) is 127 cm³/mol. The summed E-state index contributed by atoms with van der Waals surface area (Å²) >= 11 is 1.55. The number of thiophene rings is 1. The zero-order valence-corrected chi connectivity index (χ0v) is 19.1. The van der Waals surface area contributed by atoms with Crippen molar-refractivity contribution in [2.24, 2.45) is 5.92 Å². The molecule has 0 saturated carbocycles. The number of hydrogen-bond acceptors (Lipinski definition) is 5. The number of aromatic amines is 1. The van der Waals surface area contributed by atoms with E-state index in [9.17, 15) is 9.59 Å². The van der Waals surface area contributed by atoms with E-state index in [0.717, 1.165) is 10.4 Å². The van der Waals surface area contributed by atoms with Crippen LogP contribution in [0.1, 0.15) is 37.1 Å². The second kappa shape index (κ2) is 9.32. The van der Waals surface area contributed by atoms with Crippen LogP contribution in [0.3, 0.4) is 0 Å². The molecule has 0 atom stereocenters. The van der Waals surface area contributed by atoms with E-state index >= 15 is 0 Å². The number of aryl methyl sites for hydroxylation is 1. The fraction of sp³-hybridized carbons (Fsp3) is 0.250. The van der Waals surface area contributed by atoms with Gasteiger partial charge in [-0.3, -0.25) is 14.6 Å². The van der Waals surface area contributed by atoms with Gasteiger partial charge in [0.05, 0.1) is 10.6 Å². The highest BCUT2D eigenvalue weighted by atomic mass is 32.1. The second-order valence-electron chi connectivity index (χ2n) is 8.07. The average Bonchev–Trinajstić information content (AvgIpc) is 3.41. The van der Waals surface area contributed by atoms with Crippen LogP contribution in [0.5, 0.6) is 0 Å². The van der Waals surface area contributed by atoms with Crippen LogP contribution in [-0.2, 0) is 11.2 Å². The number of nitrogens with one attached hydrogen (secondary N) is 2. The molecule has 0 spiro atoms. The van der Waals surface area contributed by atoms with Crippen molar-refractivity contribution >= 4 is 23.1 Å². The first-order valence-electron chi connectivity index (χ1n) is 10.5.